The number of benzene rings is 1. The Balaban J connectivity index is 0.000000671. The van der Waals surface area contributed by atoms with Gasteiger partial charge >= 0.3 is 0 Å². The second-order valence-electron chi connectivity index (χ2n) is 2.61. The molecule has 0 heterocycles. The SMILES string of the molecule is CC.CCc1cccc(C(C)=O)c1. The van der Waals surface area contributed by atoms with Gasteiger partial charge < -0.3 is 0 Å². The molecule has 0 fully saturated rings. The van der Waals surface area contributed by atoms with Crippen LogP contribution in [0.15, 0.2) is 24.3 Å². The predicted octanol–water partition coefficient (Wildman–Crippen LogP) is 3.48. The molecule has 0 unspecified atom stereocenters. The van der Waals surface area contributed by atoms with Crippen molar-refractivity contribution in [3.8, 4) is 0 Å². The first-order valence-electron chi connectivity index (χ1n) is 4.84. The molecule has 0 aliphatic heterocycles. The van der Waals surface area contributed by atoms with Crippen LogP contribution in [0, 0.1) is 0 Å². The fourth-order valence-corrected chi connectivity index (χ4v) is 1.01. The van der Waals surface area contributed by atoms with E-state index < -0.39 is 0 Å². The van der Waals surface area contributed by atoms with Gasteiger partial charge in [0, 0.05) is 5.56 Å². The van der Waals surface area contributed by atoms with E-state index in [1.165, 1.54) is 5.56 Å². The lowest BCUT2D eigenvalue weighted by Gasteiger charge is -1.98. The van der Waals surface area contributed by atoms with E-state index in [2.05, 4.69) is 6.92 Å². The van der Waals surface area contributed by atoms with E-state index in [0.717, 1.165) is 12.0 Å². The standard InChI is InChI=1S/C10H12O.C2H6/c1-3-9-5-4-6-10(7-9)8(2)11;1-2/h4-7H,3H2,1-2H3;1-2H3. The molecule has 72 valence electrons. The third-order valence-electron chi connectivity index (χ3n) is 1.74. The molecule has 1 rings (SSSR count). The molecule has 0 atom stereocenters. The summed E-state index contributed by atoms with van der Waals surface area (Å²) in [6.07, 6.45) is 0.987. The molecule has 0 bridgehead atoms. The van der Waals surface area contributed by atoms with Gasteiger partial charge in [-0.2, -0.15) is 0 Å². The topological polar surface area (TPSA) is 17.1 Å². The van der Waals surface area contributed by atoms with E-state index in [1.807, 2.05) is 38.1 Å². The van der Waals surface area contributed by atoms with E-state index in [1.54, 1.807) is 6.92 Å². The molecule has 0 radical (unpaired) electrons. The third-order valence-corrected chi connectivity index (χ3v) is 1.74. The summed E-state index contributed by atoms with van der Waals surface area (Å²) in [5, 5.41) is 0. The largest absolute Gasteiger partial charge is 0.295 e. The minimum absolute atomic E-state index is 0.139. The number of ketones is 1. The molecule has 1 heteroatoms. The minimum atomic E-state index is 0.139. The van der Waals surface area contributed by atoms with Crippen molar-refractivity contribution in [1.29, 1.82) is 0 Å². The first-order chi connectivity index (χ1) is 6.24. The number of hydrogen-bond donors (Lipinski definition) is 0. The fourth-order valence-electron chi connectivity index (χ4n) is 1.01. The maximum absolute atomic E-state index is 10.9. The highest BCUT2D eigenvalue weighted by Gasteiger charge is 1.97. The van der Waals surface area contributed by atoms with E-state index in [0.29, 0.717) is 0 Å². The lowest BCUT2D eigenvalue weighted by Crippen LogP contribution is -1.92. The summed E-state index contributed by atoms with van der Waals surface area (Å²) in [7, 11) is 0. The van der Waals surface area contributed by atoms with Crippen molar-refractivity contribution in [2.45, 2.75) is 34.1 Å². The fraction of sp³-hybridized carbons (Fsp3) is 0.417. The molecule has 0 saturated heterocycles. The average molecular weight is 178 g/mol. The normalized spacial score (nSPS) is 8.62. The Morgan fingerprint density at radius 2 is 1.92 bits per heavy atom. The second kappa shape index (κ2) is 6.41. The molecular formula is C12H18O. The molecule has 0 aliphatic rings. The molecule has 1 aromatic carbocycles. The molecule has 1 aromatic rings. The van der Waals surface area contributed by atoms with Crippen LogP contribution in [0.1, 0.15) is 43.6 Å². The summed E-state index contributed by atoms with van der Waals surface area (Å²) in [6, 6.07) is 7.76. The van der Waals surface area contributed by atoms with Crippen LogP contribution < -0.4 is 0 Å². The lowest BCUT2D eigenvalue weighted by molar-refractivity contribution is 0.101. The van der Waals surface area contributed by atoms with Crippen molar-refractivity contribution in [2.75, 3.05) is 0 Å². The highest BCUT2D eigenvalue weighted by atomic mass is 16.1. The minimum Gasteiger partial charge on any atom is -0.295 e. The first-order valence-corrected chi connectivity index (χ1v) is 4.84. The van der Waals surface area contributed by atoms with Gasteiger partial charge in [0.2, 0.25) is 0 Å². The zero-order valence-electron chi connectivity index (χ0n) is 8.92. The average Bonchev–Trinajstić information content (AvgIpc) is 2.21. The molecule has 0 aromatic heterocycles. The molecule has 1 nitrogen and oxygen atoms in total. The van der Waals surface area contributed by atoms with Crippen LogP contribution in [-0.4, -0.2) is 5.78 Å². The molecule has 0 amide bonds. The molecule has 0 N–H and O–H groups in total. The van der Waals surface area contributed by atoms with Crippen LogP contribution in [0.5, 0.6) is 0 Å². The zero-order valence-corrected chi connectivity index (χ0v) is 8.92. The molecule has 0 aliphatic carbocycles. The molecule has 0 saturated carbocycles. The summed E-state index contributed by atoms with van der Waals surface area (Å²) in [6.45, 7) is 7.67. The number of carbonyl (C=O) groups excluding carboxylic acids is 1. The maximum atomic E-state index is 10.9. The molecular weight excluding hydrogens is 160 g/mol. The second-order valence-corrected chi connectivity index (χ2v) is 2.61. The Bertz CT molecular complexity index is 264. The zero-order chi connectivity index (χ0) is 10.3. The number of carbonyl (C=O) groups is 1. The highest BCUT2D eigenvalue weighted by Crippen LogP contribution is 2.05. The predicted molar refractivity (Wildman–Crippen MR) is 57.2 cm³/mol. The van der Waals surface area contributed by atoms with Crippen LogP contribution in [0.25, 0.3) is 0 Å². The summed E-state index contributed by atoms with van der Waals surface area (Å²) in [4.78, 5) is 10.9. The van der Waals surface area contributed by atoms with Gasteiger partial charge in [-0.3, -0.25) is 4.79 Å². The van der Waals surface area contributed by atoms with Crippen molar-refractivity contribution < 1.29 is 4.79 Å². The van der Waals surface area contributed by atoms with E-state index in [4.69, 9.17) is 0 Å². The first kappa shape index (κ1) is 11.9. The van der Waals surface area contributed by atoms with Gasteiger partial charge in [0.05, 0.1) is 0 Å². The Kier molecular flexibility index (Phi) is 5.86. The van der Waals surface area contributed by atoms with E-state index >= 15 is 0 Å². The van der Waals surface area contributed by atoms with Crippen molar-refractivity contribution in [1.82, 2.24) is 0 Å². The molecule has 0 spiro atoms. The van der Waals surface area contributed by atoms with Crippen LogP contribution in [0.4, 0.5) is 0 Å². The number of rotatable bonds is 2. The van der Waals surface area contributed by atoms with Crippen molar-refractivity contribution >= 4 is 5.78 Å². The van der Waals surface area contributed by atoms with Crippen LogP contribution in [0.3, 0.4) is 0 Å². The summed E-state index contributed by atoms with van der Waals surface area (Å²) >= 11 is 0. The Hall–Kier alpha value is -1.11. The summed E-state index contributed by atoms with van der Waals surface area (Å²) in [5.74, 6) is 0.139. The van der Waals surface area contributed by atoms with Gasteiger partial charge in [-0.25, -0.2) is 0 Å². The number of aryl methyl sites for hydroxylation is 1. The van der Waals surface area contributed by atoms with Crippen LogP contribution >= 0.6 is 0 Å². The maximum Gasteiger partial charge on any atom is 0.159 e. The van der Waals surface area contributed by atoms with Crippen LogP contribution in [0.2, 0.25) is 0 Å². The third kappa shape index (κ3) is 3.88. The van der Waals surface area contributed by atoms with Crippen molar-refractivity contribution in [2.24, 2.45) is 0 Å². The summed E-state index contributed by atoms with van der Waals surface area (Å²) in [5.41, 5.74) is 2.03. The lowest BCUT2D eigenvalue weighted by atomic mass is 10.1. The summed E-state index contributed by atoms with van der Waals surface area (Å²) < 4.78 is 0. The number of hydrogen-bond acceptors (Lipinski definition) is 1. The van der Waals surface area contributed by atoms with Gasteiger partial charge in [-0.1, -0.05) is 39.0 Å². The Morgan fingerprint density at radius 1 is 1.31 bits per heavy atom. The van der Waals surface area contributed by atoms with Gasteiger partial charge in [0.25, 0.3) is 0 Å². The van der Waals surface area contributed by atoms with Gasteiger partial charge in [-0.05, 0) is 25.0 Å². The van der Waals surface area contributed by atoms with Crippen molar-refractivity contribution in [3.63, 3.8) is 0 Å². The smallest absolute Gasteiger partial charge is 0.159 e. The monoisotopic (exact) mass is 178 g/mol. The van der Waals surface area contributed by atoms with Crippen molar-refractivity contribution in [3.05, 3.63) is 35.4 Å². The highest BCUT2D eigenvalue weighted by molar-refractivity contribution is 5.94. The Labute approximate surface area is 80.8 Å². The molecule has 13 heavy (non-hydrogen) atoms. The van der Waals surface area contributed by atoms with Gasteiger partial charge in [0.1, 0.15) is 0 Å². The van der Waals surface area contributed by atoms with Gasteiger partial charge in [0.15, 0.2) is 5.78 Å². The van der Waals surface area contributed by atoms with Gasteiger partial charge in [-0.15, -0.1) is 0 Å². The van der Waals surface area contributed by atoms with E-state index in [9.17, 15) is 4.79 Å². The van der Waals surface area contributed by atoms with Crippen LogP contribution in [-0.2, 0) is 6.42 Å². The quantitative estimate of drug-likeness (QED) is 0.634. The number of Topliss-reactive ketones (excluding diaryl/α,β-unsaturated/α-hetero) is 1. The van der Waals surface area contributed by atoms with E-state index in [-0.39, 0.29) is 5.78 Å². The Morgan fingerprint density at radius 3 is 2.38 bits per heavy atom.